The minimum atomic E-state index is -0.504. The van der Waals surface area contributed by atoms with Crippen molar-refractivity contribution in [2.45, 2.75) is 39.2 Å². The van der Waals surface area contributed by atoms with Gasteiger partial charge in [-0.1, -0.05) is 36.9 Å². The molecule has 0 saturated carbocycles. The van der Waals surface area contributed by atoms with Gasteiger partial charge in [-0.2, -0.15) is 0 Å². The molecular formula is C16H26O3Si. The van der Waals surface area contributed by atoms with E-state index in [0.717, 1.165) is 18.0 Å². The SMILES string of the molecule is C=Cc1ccc(CO[SiH2]CCC(OCC)OCC)cc1. The summed E-state index contributed by atoms with van der Waals surface area (Å²) in [7, 11) is -0.504. The zero-order chi connectivity index (χ0) is 14.6. The third kappa shape index (κ3) is 7.00. The van der Waals surface area contributed by atoms with E-state index in [2.05, 4.69) is 30.8 Å². The molecule has 0 N–H and O–H groups in total. The molecule has 0 aromatic heterocycles. The Hall–Kier alpha value is -0.943. The maximum atomic E-state index is 5.80. The van der Waals surface area contributed by atoms with Crippen LogP contribution in [0.15, 0.2) is 30.8 Å². The molecule has 0 aliphatic rings. The second kappa shape index (κ2) is 10.8. The monoisotopic (exact) mass is 294 g/mol. The van der Waals surface area contributed by atoms with Gasteiger partial charge in [0.25, 0.3) is 0 Å². The Morgan fingerprint density at radius 2 is 1.80 bits per heavy atom. The third-order valence-corrected chi connectivity index (χ3v) is 4.11. The van der Waals surface area contributed by atoms with Crippen molar-refractivity contribution >= 4 is 15.8 Å². The summed E-state index contributed by atoms with van der Waals surface area (Å²) in [6.45, 7) is 9.83. The highest BCUT2D eigenvalue weighted by atomic mass is 28.2. The quantitative estimate of drug-likeness (QED) is 0.356. The van der Waals surface area contributed by atoms with Crippen LogP contribution in [0.2, 0.25) is 6.04 Å². The van der Waals surface area contributed by atoms with E-state index in [1.165, 1.54) is 5.56 Å². The van der Waals surface area contributed by atoms with E-state index in [4.69, 9.17) is 13.9 Å². The van der Waals surface area contributed by atoms with Crippen molar-refractivity contribution in [2.75, 3.05) is 13.2 Å². The lowest BCUT2D eigenvalue weighted by atomic mass is 10.1. The average molecular weight is 294 g/mol. The van der Waals surface area contributed by atoms with Crippen LogP contribution < -0.4 is 0 Å². The standard InChI is InChI=1S/C16H26O3Si/c1-4-14-7-9-15(10-8-14)13-19-20-12-11-16(17-5-2)18-6-3/h4,7-10,16H,1,5-6,11-13,20H2,2-3H3. The summed E-state index contributed by atoms with van der Waals surface area (Å²) in [5, 5.41) is 0. The molecule has 0 aliphatic heterocycles. The lowest BCUT2D eigenvalue weighted by molar-refractivity contribution is -0.137. The van der Waals surface area contributed by atoms with Crippen LogP contribution in [0.5, 0.6) is 0 Å². The first-order valence-corrected chi connectivity index (χ1v) is 8.90. The molecule has 0 unspecified atom stereocenters. The third-order valence-electron chi connectivity index (χ3n) is 2.92. The van der Waals surface area contributed by atoms with Gasteiger partial charge in [0.2, 0.25) is 0 Å². The number of rotatable bonds is 11. The predicted octanol–water partition coefficient (Wildman–Crippen LogP) is 3.14. The molecule has 0 amide bonds. The Kier molecular flexibility index (Phi) is 9.24. The zero-order valence-electron chi connectivity index (χ0n) is 12.6. The fourth-order valence-electron chi connectivity index (χ4n) is 1.88. The van der Waals surface area contributed by atoms with Crippen LogP contribution in [0.4, 0.5) is 0 Å². The Morgan fingerprint density at radius 1 is 1.15 bits per heavy atom. The number of benzene rings is 1. The summed E-state index contributed by atoms with van der Waals surface area (Å²) in [6, 6.07) is 9.39. The molecule has 3 nitrogen and oxygen atoms in total. The molecule has 1 aromatic carbocycles. The smallest absolute Gasteiger partial charge is 0.162 e. The molecule has 1 rings (SSSR count). The molecule has 1 aromatic rings. The maximum Gasteiger partial charge on any atom is 0.162 e. The lowest BCUT2D eigenvalue weighted by Crippen LogP contribution is -2.18. The fourth-order valence-corrected chi connectivity index (χ4v) is 2.96. The summed E-state index contributed by atoms with van der Waals surface area (Å²) < 4.78 is 16.8. The van der Waals surface area contributed by atoms with Crippen LogP contribution in [0.1, 0.15) is 31.4 Å². The summed E-state index contributed by atoms with van der Waals surface area (Å²) in [6.07, 6.45) is 2.72. The summed E-state index contributed by atoms with van der Waals surface area (Å²) in [5.41, 5.74) is 2.36. The van der Waals surface area contributed by atoms with Crippen LogP contribution in [0, 0.1) is 0 Å². The molecule has 0 aliphatic carbocycles. The van der Waals surface area contributed by atoms with Crippen molar-refractivity contribution in [2.24, 2.45) is 0 Å². The van der Waals surface area contributed by atoms with Crippen LogP contribution in [-0.4, -0.2) is 29.3 Å². The zero-order valence-corrected chi connectivity index (χ0v) is 14.1. The molecule has 4 heteroatoms. The lowest BCUT2D eigenvalue weighted by Gasteiger charge is -2.16. The van der Waals surface area contributed by atoms with E-state index in [1.54, 1.807) is 0 Å². The first-order chi connectivity index (χ1) is 9.80. The first-order valence-electron chi connectivity index (χ1n) is 7.32. The van der Waals surface area contributed by atoms with E-state index in [-0.39, 0.29) is 6.29 Å². The van der Waals surface area contributed by atoms with Crippen molar-refractivity contribution in [3.8, 4) is 0 Å². The minimum absolute atomic E-state index is 0.0621. The van der Waals surface area contributed by atoms with Crippen molar-refractivity contribution in [3.63, 3.8) is 0 Å². The molecule has 0 saturated heterocycles. The van der Waals surface area contributed by atoms with Gasteiger partial charge >= 0.3 is 0 Å². The predicted molar refractivity (Wildman–Crippen MR) is 86.3 cm³/mol. The van der Waals surface area contributed by atoms with E-state index in [9.17, 15) is 0 Å². The molecule has 0 radical (unpaired) electrons. The van der Waals surface area contributed by atoms with Gasteiger partial charge in [0.05, 0.1) is 6.61 Å². The van der Waals surface area contributed by atoms with Gasteiger partial charge in [0.15, 0.2) is 16.1 Å². The molecule has 20 heavy (non-hydrogen) atoms. The van der Waals surface area contributed by atoms with Crippen molar-refractivity contribution in [1.29, 1.82) is 0 Å². The average Bonchev–Trinajstić information content (AvgIpc) is 2.48. The Morgan fingerprint density at radius 3 is 2.35 bits per heavy atom. The van der Waals surface area contributed by atoms with Gasteiger partial charge in [-0.15, -0.1) is 0 Å². The first kappa shape index (κ1) is 17.1. The summed E-state index contributed by atoms with van der Waals surface area (Å²) in [5.74, 6) is 0. The van der Waals surface area contributed by atoms with Crippen LogP contribution >= 0.6 is 0 Å². The maximum absolute atomic E-state index is 5.80. The molecule has 0 atom stereocenters. The second-order valence-corrected chi connectivity index (χ2v) is 6.00. The Balaban J connectivity index is 2.15. The largest absolute Gasteiger partial charge is 0.420 e. The Bertz CT molecular complexity index is 358. The topological polar surface area (TPSA) is 27.7 Å². The van der Waals surface area contributed by atoms with Crippen LogP contribution in [0.25, 0.3) is 6.08 Å². The highest BCUT2D eigenvalue weighted by molar-refractivity contribution is 6.26. The van der Waals surface area contributed by atoms with Gasteiger partial charge in [-0.05, 0) is 37.4 Å². The van der Waals surface area contributed by atoms with Gasteiger partial charge in [0.1, 0.15) is 0 Å². The highest BCUT2D eigenvalue weighted by Crippen LogP contribution is 2.08. The highest BCUT2D eigenvalue weighted by Gasteiger charge is 2.07. The molecule has 0 heterocycles. The van der Waals surface area contributed by atoms with Crippen LogP contribution in [0.3, 0.4) is 0 Å². The van der Waals surface area contributed by atoms with E-state index in [0.29, 0.717) is 19.8 Å². The molecule has 0 spiro atoms. The van der Waals surface area contributed by atoms with Crippen molar-refractivity contribution in [1.82, 2.24) is 0 Å². The summed E-state index contributed by atoms with van der Waals surface area (Å²) >= 11 is 0. The normalized spacial score (nSPS) is 11.6. The Labute approximate surface area is 124 Å². The van der Waals surface area contributed by atoms with Gasteiger partial charge in [-0.3, -0.25) is 0 Å². The van der Waals surface area contributed by atoms with Crippen molar-refractivity contribution in [3.05, 3.63) is 42.0 Å². The fraction of sp³-hybridized carbons (Fsp3) is 0.500. The molecular weight excluding hydrogens is 268 g/mol. The van der Waals surface area contributed by atoms with E-state index < -0.39 is 9.76 Å². The van der Waals surface area contributed by atoms with Crippen LogP contribution in [-0.2, 0) is 20.5 Å². The number of hydrogen-bond donors (Lipinski definition) is 0. The molecule has 0 fully saturated rings. The van der Waals surface area contributed by atoms with Gasteiger partial charge in [-0.25, -0.2) is 0 Å². The van der Waals surface area contributed by atoms with Crippen molar-refractivity contribution < 1.29 is 13.9 Å². The number of ether oxygens (including phenoxy) is 2. The minimum Gasteiger partial charge on any atom is -0.420 e. The molecule has 0 bridgehead atoms. The van der Waals surface area contributed by atoms with E-state index >= 15 is 0 Å². The molecule has 112 valence electrons. The number of hydrogen-bond acceptors (Lipinski definition) is 3. The second-order valence-electron chi connectivity index (χ2n) is 4.48. The summed E-state index contributed by atoms with van der Waals surface area (Å²) in [4.78, 5) is 0. The van der Waals surface area contributed by atoms with Gasteiger partial charge in [0, 0.05) is 13.2 Å². The van der Waals surface area contributed by atoms with E-state index in [1.807, 2.05) is 19.9 Å². The van der Waals surface area contributed by atoms with Gasteiger partial charge < -0.3 is 13.9 Å².